The minimum absolute atomic E-state index is 0.550. The van der Waals surface area contributed by atoms with E-state index in [1.807, 2.05) is 42.2 Å². The third kappa shape index (κ3) is 6.77. The summed E-state index contributed by atoms with van der Waals surface area (Å²) in [7, 11) is 1.66. The quantitative estimate of drug-likeness (QED) is 0.265. The molecule has 224 valence electrons. The van der Waals surface area contributed by atoms with Crippen molar-refractivity contribution in [3.05, 3.63) is 83.1 Å². The maximum absolute atomic E-state index is 13.7. The van der Waals surface area contributed by atoms with Crippen molar-refractivity contribution in [2.75, 3.05) is 68.0 Å². The summed E-state index contributed by atoms with van der Waals surface area (Å²) in [6, 6.07) is 13.6. The van der Waals surface area contributed by atoms with Crippen molar-refractivity contribution in [1.82, 2.24) is 25.1 Å². The van der Waals surface area contributed by atoms with Crippen molar-refractivity contribution in [3.63, 3.8) is 0 Å². The Labute approximate surface area is 250 Å². The van der Waals surface area contributed by atoms with Gasteiger partial charge >= 0.3 is 0 Å². The highest BCUT2D eigenvalue weighted by molar-refractivity contribution is 5.71. The lowest BCUT2D eigenvalue weighted by Crippen LogP contribution is -2.46. The zero-order valence-corrected chi connectivity index (χ0v) is 24.5. The second-order valence-electron chi connectivity index (χ2n) is 10.9. The molecule has 6 rings (SSSR count). The van der Waals surface area contributed by atoms with Gasteiger partial charge in [0.2, 0.25) is 0 Å². The molecule has 0 atom stereocenters. The topological polar surface area (TPSA) is 85.4 Å². The number of anilines is 3. The van der Waals surface area contributed by atoms with Gasteiger partial charge in [-0.2, -0.15) is 5.10 Å². The second kappa shape index (κ2) is 12.8. The van der Waals surface area contributed by atoms with Gasteiger partial charge in [0.15, 0.2) is 5.82 Å². The molecular weight excluding hydrogens is 550 g/mol. The highest BCUT2D eigenvalue weighted by atomic mass is 19.1. The number of halogens is 2. The number of hydrogen-bond acceptors (Lipinski definition) is 8. The van der Waals surface area contributed by atoms with E-state index in [0.717, 1.165) is 79.4 Å². The largest absolute Gasteiger partial charge is 0.497 e. The van der Waals surface area contributed by atoms with Crippen molar-refractivity contribution < 1.29 is 13.5 Å². The fourth-order valence-electron chi connectivity index (χ4n) is 5.32. The van der Waals surface area contributed by atoms with Crippen LogP contribution >= 0.6 is 0 Å². The van der Waals surface area contributed by atoms with E-state index in [9.17, 15) is 8.78 Å². The lowest BCUT2D eigenvalue weighted by atomic mass is 10.1. The Morgan fingerprint density at radius 3 is 2.35 bits per heavy atom. The van der Waals surface area contributed by atoms with E-state index in [0.29, 0.717) is 36.8 Å². The molecule has 2 aromatic heterocycles. The maximum atomic E-state index is 13.7. The van der Waals surface area contributed by atoms with Crippen LogP contribution in [0.2, 0.25) is 0 Å². The van der Waals surface area contributed by atoms with Crippen molar-refractivity contribution in [2.45, 2.75) is 19.9 Å². The average molecular weight is 587 g/mol. The molecule has 9 nitrogen and oxygen atoms in total. The number of aryl methyl sites for hydroxylation is 1. The van der Waals surface area contributed by atoms with Gasteiger partial charge in [-0.25, -0.2) is 18.7 Å². The predicted molar refractivity (Wildman–Crippen MR) is 166 cm³/mol. The van der Waals surface area contributed by atoms with Crippen molar-refractivity contribution in [3.8, 4) is 17.3 Å². The van der Waals surface area contributed by atoms with Gasteiger partial charge in [-0.1, -0.05) is 24.3 Å². The molecule has 4 aromatic rings. The highest BCUT2D eigenvalue weighted by Crippen LogP contribution is 2.28. The first kappa shape index (κ1) is 28.6. The molecular formula is C32H36F2N8O. The van der Waals surface area contributed by atoms with Crippen LogP contribution in [0.5, 0.6) is 5.75 Å². The molecule has 11 heteroatoms. The number of aromatic amines is 1. The Morgan fingerprint density at radius 2 is 1.67 bits per heavy atom. The van der Waals surface area contributed by atoms with Gasteiger partial charge in [-0.15, -0.1) is 0 Å². The molecule has 2 N–H and O–H groups in total. The third-order valence-corrected chi connectivity index (χ3v) is 7.96. The normalized spacial score (nSPS) is 15.6. The molecule has 2 aromatic carbocycles. The summed E-state index contributed by atoms with van der Waals surface area (Å²) in [6.45, 7) is 8.31. The zero-order valence-electron chi connectivity index (χ0n) is 24.5. The van der Waals surface area contributed by atoms with Crippen LogP contribution in [0.15, 0.2) is 54.6 Å². The van der Waals surface area contributed by atoms with Crippen LogP contribution in [0.4, 0.5) is 26.1 Å². The standard InChI is InChI=1S/C32H36F2N8O/c1-22-28(5-3-10-40-13-15-41(16-14-40)26-18-24(33)17-25(34)19-26)31(39-38-22)32-36-29(20-30(37-32)42-11-4-12-42)35-21-23-6-8-27(43-2)9-7-23/h3,5-9,17-20H,4,10-16,21H2,1-2H3,(H,38,39)(H,35,36,37). The molecule has 0 radical (unpaired) electrons. The van der Waals surface area contributed by atoms with Crippen LogP contribution in [-0.2, 0) is 6.54 Å². The maximum Gasteiger partial charge on any atom is 0.184 e. The first-order valence-corrected chi connectivity index (χ1v) is 14.6. The Bertz CT molecular complexity index is 1560. The Morgan fingerprint density at radius 1 is 0.930 bits per heavy atom. The number of piperazine rings is 1. The molecule has 4 heterocycles. The minimum Gasteiger partial charge on any atom is -0.497 e. The molecule has 0 amide bonds. The lowest BCUT2D eigenvalue weighted by molar-refractivity contribution is 0.284. The van der Waals surface area contributed by atoms with Crippen molar-refractivity contribution >= 4 is 23.4 Å². The van der Waals surface area contributed by atoms with E-state index in [4.69, 9.17) is 14.7 Å². The average Bonchev–Trinajstić information content (AvgIpc) is 3.35. The summed E-state index contributed by atoms with van der Waals surface area (Å²) in [5.74, 6) is 1.93. The number of methoxy groups -OCH3 is 1. The fourth-order valence-corrected chi connectivity index (χ4v) is 5.32. The molecule has 2 saturated heterocycles. The molecule has 2 aliphatic rings. The van der Waals surface area contributed by atoms with E-state index < -0.39 is 11.6 Å². The molecule has 0 bridgehead atoms. The van der Waals surface area contributed by atoms with Crippen LogP contribution in [0, 0.1) is 18.6 Å². The third-order valence-electron chi connectivity index (χ3n) is 7.96. The number of H-pyrrole nitrogens is 1. The van der Waals surface area contributed by atoms with E-state index in [1.165, 1.54) is 12.1 Å². The first-order valence-electron chi connectivity index (χ1n) is 14.6. The Kier molecular flexibility index (Phi) is 8.50. The number of nitrogens with one attached hydrogen (secondary N) is 2. The molecule has 0 spiro atoms. The Balaban J connectivity index is 1.14. The van der Waals surface area contributed by atoms with Crippen LogP contribution in [-0.4, -0.2) is 78.0 Å². The van der Waals surface area contributed by atoms with Crippen molar-refractivity contribution in [2.24, 2.45) is 0 Å². The molecule has 43 heavy (non-hydrogen) atoms. The van der Waals surface area contributed by atoms with Gasteiger partial charge in [0.25, 0.3) is 0 Å². The van der Waals surface area contributed by atoms with Crippen LogP contribution in [0.25, 0.3) is 17.6 Å². The fraction of sp³-hybridized carbons (Fsp3) is 0.344. The number of nitrogens with zero attached hydrogens (tertiary/aromatic N) is 6. The number of hydrogen-bond donors (Lipinski definition) is 2. The zero-order chi connectivity index (χ0) is 29.8. The summed E-state index contributed by atoms with van der Waals surface area (Å²) in [5.41, 5.74) is 4.31. The van der Waals surface area contributed by atoms with Gasteiger partial charge in [-0.3, -0.25) is 10.00 Å². The van der Waals surface area contributed by atoms with Gasteiger partial charge in [0.05, 0.1) is 7.11 Å². The van der Waals surface area contributed by atoms with Gasteiger partial charge in [0.1, 0.15) is 34.7 Å². The number of aromatic nitrogens is 4. The van der Waals surface area contributed by atoms with Crippen molar-refractivity contribution in [1.29, 1.82) is 0 Å². The molecule has 2 aliphatic heterocycles. The molecule has 0 aliphatic carbocycles. The summed E-state index contributed by atoms with van der Waals surface area (Å²) < 4.78 is 32.6. The lowest BCUT2D eigenvalue weighted by Gasteiger charge is -2.35. The smallest absolute Gasteiger partial charge is 0.184 e. The summed E-state index contributed by atoms with van der Waals surface area (Å²) in [6.07, 6.45) is 5.35. The van der Waals surface area contributed by atoms with E-state index >= 15 is 0 Å². The summed E-state index contributed by atoms with van der Waals surface area (Å²) >= 11 is 0. The summed E-state index contributed by atoms with van der Waals surface area (Å²) in [5, 5.41) is 11.2. The van der Waals surface area contributed by atoms with Gasteiger partial charge in [-0.05, 0) is 43.2 Å². The van der Waals surface area contributed by atoms with E-state index in [-0.39, 0.29) is 0 Å². The Hall–Kier alpha value is -4.51. The highest BCUT2D eigenvalue weighted by Gasteiger charge is 2.21. The van der Waals surface area contributed by atoms with Crippen LogP contribution < -0.4 is 19.9 Å². The van der Waals surface area contributed by atoms with E-state index in [2.05, 4.69) is 37.5 Å². The monoisotopic (exact) mass is 586 g/mol. The SMILES string of the molecule is COc1ccc(CNc2cc(N3CCC3)nc(-c3n[nH]c(C)c3C=CCN3CCN(c4cc(F)cc(F)c4)CC3)n2)cc1. The predicted octanol–water partition coefficient (Wildman–Crippen LogP) is 5.12. The number of benzene rings is 2. The first-order chi connectivity index (χ1) is 20.9. The van der Waals surface area contributed by atoms with E-state index in [1.54, 1.807) is 7.11 Å². The molecule has 2 fully saturated rings. The van der Waals surface area contributed by atoms with Crippen LogP contribution in [0.3, 0.4) is 0 Å². The number of rotatable bonds is 10. The molecule has 0 unspecified atom stereocenters. The number of ether oxygens (including phenoxy) is 1. The van der Waals surface area contributed by atoms with Crippen LogP contribution in [0.1, 0.15) is 23.2 Å². The minimum atomic E-state index is -0.550. The summed E-state index contributed by atoms with van der Waals surface area (Å²) in [4.78, 5) is 16.3. The molecule has 0 saturated carbocycles. The second-order valence-corrected chi connectivity index (χ2v) is 10.9. The van der Waals surface area contributed by atoms with Gasteiger partial charge in [0, 0.05) is 81.4 Å². The van der Waals surface area contributed by atoms with Gasteiger partial charge < -0.3 is 19.9 Å².